The Morgan fingerprint density at radius 2 is 1.96 bits per heavy atom. The summed E-state index contributed by atoms with van der Waals surface area (Å²) in [6.07, 6.45) is 1.79. The summed E-state index contributed by atoms with van der Waals surface area (Å²) in [7, 11) is 2.91. The number of esters is 1. The number of anilines is 1. The van der Waals surface area contributed by atoms with Crippen molar-refractivity contribution in [3.05, 3.63) is 58.5 Å². The van der Waals surface area contributed by atoms with E-state index in [1.54, 1.807) is 31.4 Å². The maximum atomic E-state index is 12.4. The summed E-state index contributed by atoms with van der Waals surface area (Å²) in [4.78, 5) is 25.4. The molecule has 2 aromatic carbocycles. The topological polar surface area (TPSA) is 64.6 Å². The van der Waals surface area contributed by atoms with Crippen LogP contribution in [0.2, 0.25) is 0 Å². The van der Waals surface area contributed by atoms with Crippen molar-refractivity contribution in [1.29, 1.82) is 0 Å². The number of carbonyl (C=O) groups is 2. The molecule has 6 heteroatoms. The zero-order valence-electron chi connectivity index (χ0n) is 13.2. The number of nitrogens with one attached hydrogen (secondary N) is 1. The third kappa shape index (κ3) is 3.14. The number of ether oxygens (including phenoxy) is 2. The van der Waals surface area contributed by atoms with Gasteiger partial charge in [-0.05, 0) is 30.3 Å². The monoisotopic (exact) mass is 341 g/mol. The standard InChI is InChI=1S/C18H15NO4S/c1-22-14-6-4-3-5-11(14)10-16-17(20)19-13-9-12(18(21)23-2)7-8-15(13)24-16/h3-10H,1-2H3,(H,19,20)/b16-10+. The maximum Gasteiger partial charge on any atom is 0.337 e. The first-order valence-electron chi connectivity index (χ1n) is 7.18. The van der Waals surface area contributed by atoms with Crippen LogP contribution in [0.3, 0.4) is 0 Å². The molecule has 1 heterocycles. The molecule has 1 aliphatic rings. The van der Waals surface area contributed by atoms with Crippen LogP contribution in [-0.4, -0.2) is 26.1 Å². The lowest BCUT2D eigenvalue weighted by Crippen LogP contribution is -2.18. The molecule has 5 nitrogen and oxygen atoms in total. The first kappa shape index (κ1) is 16.1. The minimum Gasteiger partial charge on any atom is -0.496 e. The molecule has 1 aliphatic heterocycles. The number of amides is 1. The quantitative estimate of drug-likeness (QED) is 0.683. The van der Waals surface area contributed by atoms with Gasteiger partial charge in [-0.25, -0.2) is 4.79 Å². The largest absolute Gasteiger partial charge is 0.496 e. The van der Waals surface area contributed by atoms with Gasteiger partial charge < -0.3 is 14.8 Å². The van der Waals surface area contributed by atoms with E-state index in [1.165, 1.54) is 18.9 Å². The molecule has 0 fully saturated rings. The Hall–Kier alpha value is -2.73. The van der Waals surface area contributed by atoms with Crippen LogP contribution in [0, 0.1) is 0 Å². The van der Waals surface area contributed by atoms with Gasteiger partial charge in [-0.1, -0.05) is 30.0 Å². The Kier molecular flexibility index (Phi) is 4.57. The second-order valence-electron chi connectivity index (χ2n) is 5.01. The van der Waals surface area contributed by atoms with Crippen LogP contribution in [0.4, 0.5) is 5.69 Å². The van der Waals surface area contributed by atoms with Gasteiger partial charge in [0.1, 0.15) is 5.75 Å². The van der Waals surface area contributed by atoms with Crippen LogP contribution in [-0.2, 0) is 9.53 Å². The van der Waals surface area contributed by atoms with E-state index in [-0.39, 0.29) is 5.91 Å². The van der Waals surface area contributed by atoms with Gasteiger partial charge in [0, 0.05) is 10.5 Å². The predicted octanol–water partition coefficient (Wildman–Crippen LogP) is 3.57. The number of carbonyl (C=O) groups excluding carboxylic acids is 2. The Bertz CT molecular complexity index is 845. The third-order valence-corrected chi connectivity index (χ3v) is 4.62. The van der Waals surface area contributed by atoms with E-state index in [2.05, 4.69) is 5.32 Å². The predicted molar refractivity (Wildman–Crippen MR) is 93.2 cm³/mol. The fraction of sp³-hybridized carbons (Fsp3) is 0.111. The third-order valence-electron chi connectivity index (χ3n) is 3.52. The highest BCUT2D eigenvalue weighted by molar-refractivity contribution is 8.04. The molecule has 0 aliphatic carbocycles. The van der Waals surface area contributed by atoms with E-state index in [1.807, 2.05) is 24.3 Å². The molecule has 24 heavy (non-hydrogen) atoms. The minimum atomic E-state index is -0.438. The van der Waals surface area contributed by atoms with Crippen molar-refractivity contribution in [2.75, 3.05) is 19.5 Å². The second-order valence-corrected chi connectivity index (χ2v) is 6.09. The Morgan fingerprint density at radius 3 is 2.71 bits per heavy atom. The van der Waals surface area contributed by atoms with Gasteiger partial charge in [0.2, 0.25) is 0 Å². The molecule has 1 amide bonds. The molecule has 0 unspecified atom stereocenters. The van der Waals surface area contributed by atoms with Crippen molar-refractivity contribution < 1.29 is 19.1 Å². The summed E-state index contributed by atoms with van der Waals surface area (Å²) in [5.41, 5.74) is 1.83. The smallest absolute Gasteiger partial charge is 0.337 e. The van der Waals surface area contributed by atoms with E-state index in [9.17, 15) is 9.59 Å². The number of hydrogen-bond donors (Lipinski definition) is 1. The molecule has 0 aromatic heterocycles. The molecule has 2 aromatic rings. The van der Waals surface area contributed by atoms with Gasteiger partial charge in [-0.3, -0.25) is 4.79 Å². The molecule has 122 valence electrons. The number of hydrogen-bond acceptors (Lipinski definition) is 5. The average Bonchev–Trinajstić information content (AvgIpc) is 2.61. The molecule has 0 radical (unpaired) electrons. The van der Waals surface area contributed by atoms with Gasteiger partial charge in [0.05, 0.1) is 30.4 Å². The van der Waals surface area contributed by atoms with Gasteiger partial charge in [0.25, 0.3) is 5.91 Å². The summed E-state index contributed by atoms with van der Waals surface area (Å²) in [5, 5.41) is 2.81. The van der Waals surface area contributed by atoms with E-state index in [0.29, 0.717) is 21.9 Å². The van der Waals surface area contributed by atoms with Gasteiger partial charge in [0.15, 0.2) is 0 Å². The number of para-hydroxylation sites is 1. The van der Waals surface area contributed by atoms with Crippen LogP contribution in [0.5, 0.6) is 5.75 Å². The Morgan fingerprint density at radius 1 is 1.17 bits per heavy atom. The molecular weight excluding hydrogens is 326 g/mol. The second kappa shape index (κ2) is 6.80. The van der Waals surface area contributed by atoms with Crippen molar-refractivity contribution in [3.63, 3.8) is 0 Å². The molecule has 0 saturated carbocycles. The van der Waals surface area contributed by atoms with Crippen LogP contribution < -0.4 is 10.1 Å². The molecule has 0 atom stereocenters. The van der Waals surface area contributed by atoms with E-state index >= 15 is 0 Å². The van der Waals surface area contributed by atoms with Crippen molar-refractivity contribution in [2.24, 2.45) is 0 Å². The highest BCUT2D eigenvalue weighted by atomic mass is 32.2. The number of rotatable bonds is 3. The highest BCUT2D eigenvalue weighted by Gasteiger charge is 2.22. The lowest BCUT2D eigenvalue weighted by Gasteiger charge is -2.19. The summed E-state index contributed by atoms with van der Waals surface area (Å²) in [6, 6.07) is 12.6. The fourth-order valence-electron chi connectivity index (χ4n) is 2.33. The van der Waals surface area contributed by atoms with Crippen molar-refractivity contribution in [2.45, 2.75) is 4.90 Å². The lowest BCUT2D eigenvalue weighted by molar-refractivity contribution is -0.112. The van der Waals surface area contributed by atoms with Crippen molar-refractivity contribution >= 4 is 35.4 Å². The Labute approximate surface area is 143 Å². The summed E-state index contributed by atoms with van der Waals surface area (Å²) < 4.78 is 10.0. The zero-order chi connectivity index (χ0) is 17.1. The summed E-state index contributed by atoms with van der Waals surface area (Å²) in [5.74, 6) is 0.0399. The fourth-order valence-corrected chi connectivity index (χ4v) is 3.25. The van der Waals surface area contributed by atoms with Gasteiger partial charge in [-0.2, -0.15) is 0 Å². The number of benzene rings is 2. The first-order chi connectivity index (χ1) is 11.6. The van der Waals surface area contributed by atoms with E-state index in [0.717, 1.165) is 10.5 Å². The first-order valence-corrected chi connectivity index (χ1v) is 8.00. The van der Waals surface area contributed by atoms with Crippen LogP contribution in [0.15, 0.2) is 52.3 Å². The van der Waals surface area contributed by atoms with Crippen LogP contribution in [0.1, 0.15) is 15.9 Å². The number of fused-ring (bicyclic) bond motifs is 1. The van der Waals surface area contributed by atoms with Crippen LogP contribution >= 0.6 is 11.8 Å². The lowest BCUT2D eigenvalue weighted by atomic mass is 10.1. The summed E-state index contributed by atoms with van der Waals surface area (Å²) >= 11 is 1.35. The van der Waals surface area contributed by atoms with Crippen molar-refractivity contribution in [1.82, 2.24) is 0 Å². The molecular formula is C18H15NO4S. The van der Waals surface area contributed by atoms with Crippen molar-refractivity contribution in [3.8, 4) is 5.75 Å². The highest BCUT2D eigenvalue weighted by Crippen LogP contribution is 2.40. The minimum absolute atomic E-state index is 0.222. The zero-order valence-corrected chi connectivity index (χ0v) is 14.0. The Balaban J connectivity index is 1.94. The molecule has 0 bridgehead atoms. The van der Waals surface area contributed by atoms with Crippen LogP contribution in [0.25, 0.3) is 6.08 Å². The SMILES string of the molecule is COC(=O)c1ccc2c(c1)NC(=O)/C(=C\c1ccccc1OC)S2. The molecule has 0 spiro atoms. The van der Waals surface area contributed by atoms with Gasteiger partial charge >= 0.3 is 5.97 Å². The molecule has 0 saturated heterocycles. The number of thioether (sulfide) groups is 1. The molecule has 3 rings (SSSR count). The normalized spacial score (nSPS) is 14.8. The maximum absolute atomic E-state index is 12.4. The average molecular weight is 341 g/mol. The van der Waals surface area contributed by atoms with Gasteiger partial charge in [-0.15, -0.1) is 0 Å². The van der Waals surface area contributed by atoms with E-state index in [4.69, 9.17) is 9.47 Å². The number of methoxy groups -OCH3 is 2. The molecule has 1 N–H and O–H groups in total. The van der Waals surface area contributed by atoms with E-state index < -0.39 is 5.97 Å². The summed E-state index contributed by atoms with van der Waals surface area (Å²) in [6.45, 7) is 0.